The molecule has 30 heteroatoms. The molecule has 3 fully saturated rings. The normalized spacial score (nSPS) is 24.4. The minimum atomic E-state index is -1.90. The van der Waals surface area contributed by atoms with Gasteiger partial charge in [0.2, 0.25) is 17.7 Å². The number of imide groups is 1. The predicted octanol–water partition coefficient (Wildman–Crippen LogP) is 3.76. The monoisotopic (exact) mass is 1270 g/mol. The van der Waals surface area contributed by atoms with Crippen molar-refractivity contribution in [2.24, 2.45) is 17.6 Å². The van der Waals surface area contributed by atoms with E-state index in [9.17, 15) is 48.3 Å². The summed E-state index contributed by atoms with van der Waals surface area (Å²) in [6, 6.07) is 6.69. The Bertz CT molecular complexity index is 2940. The number of carbonyl (C=O) groups is 9. The van der Waals surface area contributed by atoms with Crippen molar-refractivity contribution in [1.82, 2.24) is 31.6 Å². The molecule has 10 N–H and O–H groups in total. The molecule has 88 heavy (non-hydrogen) atoms. The van der Waals surface area contributed by atoms with Crippen LogP contribution in [-0.2, 0) is 68.4 Å². The van der Waals surface area contributed by atoms with Gasteiger partial charge in [-0.15, -0.1) is 5.06 Å². The fraction of sp³-hybridized carbons (Fsp3) is 0.552. The molecule has 4 heterocycles. The highest BCUT2D eigenvalue weighted by Gasteiger charge is 2.64. The average molecular weight is 1270 g/mol. The summed E-state index contributed by atoms with van der Waals surface area (Å²) in [5, 5.41) is 31.8. The Kier molecular flexibility index (Phi) is 25.2. The lowest BCUT2D eigenvalue weighted by Gasteiger charge is -2.42. The number of benzene rings is 2. The van der Waals surface area contributed by atoms with Crippen molar-refractivity contribution in [2.45, 2.75) is 134 Å². The number of allylic oxidation sites excluding steroid dienone is 3. The SMILES string of the molecule is COc1cc2cc(c1Cl)N(C)C(=O)C[C@H](OC(=O)Nc1ccc(NC(=O)[C@H](CCCNC(N)=O)NC(=O)[C@@H](NC(=S)NCCOCCOCCC(=O)ON3C(=O)CCC3=O)C(C)C)cc1)[C@]1(C)O[C@H]1[C@H](C)[C@@H]1C[C@@](O)(NC(=O)O1)[C@H](OC)/C=C/C=C(\C)C2. The van der Waals surface area contributed by atoms with Crippen LogP contribution in [0, 0.1) is 11.8 Å². The molecule has 4 aliphatic rings. The molecule has 4 bridgehead atoms. The molecule has 6 rings (SSSR count). The molecule has 0 aromatic heterocycles. The highest BCUT2D eigenvalue weighted by Crippen LogP contribution is 2.49. The van der Waals surface area contributed by atoms with Crippen LogP contribution in [0.1, 0.15) is 85.1 Å². The molecule has 0 spiro atoms. The van der Waals surface area contributed by atoms with Crippen LogP contribution in [0.5, 0.6) is 5.75 Å². The summed E-state index contributed by atoms with van der Waals surface area (Å²) in [5.41, 5.74) is 4.49. The molecule has 0 aliphatic carbocycles. The third-order valence-corrected chi connectivity index (χ3v) is 15.6. The number of halogens is 1. The van der Waals surface area contributed by atoms with Crippen LogP contribution in [-0.4, -0.2) is 178 Å². The van der Waals surface area contributed by atoms with Gasteiger partial charge in [0.15, 0.2) is 10.8 Å². The third kappa shape index (κ3) is 19.4. The molecular weight excluding hydrogens is 1190 g/mol. The number of aliphatic hydroxyl groups is 1. The van der Waals surface area contributed by atoms with Gasteiger partial charge in [-0.3, -0.25) is 34.6 Å². The van der Waals surface area contributed by atoms with E-state index in [0.29, 0.717) is 22.9 Å². The number of amides is 9. The number of rotatable bonds is 24. The van der Waals surface area contributed by atoms with Crippen molar-refractivity contribution < 1.29 is 86.3 Å². The quantitative estimate of drug-likeness (QED) is 0.0313. The van der Waals surface area contributed by atoms with E-state index in [1.165, 1.54) is 50.4 Å². The Morgan fingerprint density at radius 1 is 0.920 bits per heavy atom. The van der Waals surface area contributed by atoms with E-state index < -0.39 is 114 Å². The minimum Gasteiger partial charge on any atom is -0.495 e. The van der Waals surface area contributed by atoms with E-state index in [0.717, 1.165) is 11.1 Å². The predicted molar refractivity (Wildman–Crippen MR) is 322 cm³/mol. The molecule has 482 valence electrons. The number of alkyl carbamates (subject to hydrolysis) is 1. The smallest absolute Gasteiger partial charge is 0.412 e. The Hall–Kier alpha value is -7.67. The van der Waals surface area contributed by atoms with Crippen LogP contribution in [0.3, 0.4) is 0 Å². The summed E-state index contributed by atoms with van der Waals surface area (Å²) < 4.78 is 40.3. The van der Waals surface area contributed by atoms with Crippen molar-refractivity contribution in [3.8, 4) is 5.75 Å². The van der Waals surface area contributed by atoms with Crippen LogP contribution in [0.15, 0.2) is 60.2 Å². The lowest BCUT2D eigenvalue weighted by molar-refractivity contribution is -0.198. The number of epoxide rings is 1. The van der Waals surface area contributed by atoms with E-state index >= 15 is 0 Å². The Labute approximate surface area is 519 Å². The molecule has 0 saturated carbocycles. The number of nitrogens with two attached hydrogens (primary N) is 1. The summed E-state index contributed by atoms with van der Waals surface area (Å²) in [4.78, 5) is 122. The number of methoxy groups -OCH3 is 2. The van der Waals surface area contributed by atoms with Gasteiger partial charge in [0, 0.05) is 63.8 Å². The maximum atomic E-state index is 14.4. The Morgan fingerprint density at radius 3 is 2.24 bits per heavy atom. The second-order valence-electron chi connectivity index (χ2n) is 22.0. The number of hydrogen-bond acceptors (Lipinski definition) is 19. The zero-order valence-electron chi connectivity index (χ0n) is 50.4. The molecule has 9 amide bonds. The van der Waals surface area contributed by atoms with Crippen molar-refractivity contribution in [3.05, 3.63) is 70.8 Å². The molecule has 2 aromatic rings. The van der Waals surface area contributed by atoms with Gasteiger partial charge in [-0.05, 0) is 93.2 Å². The number of fused-ring (bicyclic) bond motifs is 5. The molecule has 9 atom stereocenters. The van der Waals surface area contributed by atoms with Gasteiger partial charge in [-0.25, -0.2) is 19.2 Å². The Balaban J connectivity index is 1.07. The van der Waals surface area contributed by atoms with Crippen LogP contribution in [0.4, 0.5) is 31.4 Å². The van der Waals surface area contributed by atoms with Crippen molar-refractivity contribution in [2.75, 3.05) is 76.3 Å². The summed E-state index contributed by atoms with van der Waals surface area (Å²) in [6.45, 7) is 9.70. The summed E-state index contributed by atoms with van der Waals surface area (Å²) in [6.07, 6.45) is -0.650. The third-order valence-electron chi connectivity index (χ3n) is 15.0. The first-order valence-electron chi connectivity index (χ1n) is 28.6. The number of anilines is 3. The lowest BCUT2D eigenvalue weighted by atomic mass is 9.83. The van der Waals surface area contributed by atoms with E-state index in [1.54, 1.807) is 52.0 Å². The maximum absolute atomic E-state index is 14.4. The van der Waals surface area contributed by atoms with Gasteiger partial charge in [-0.1, -0.05) is 56.2 Å². The van der Waals surface area contributed by atoms with Gasteiger partial charge in [0.1, 0.15) is 46.8 Å². The largest absolute Gasteiger partial charge is 0.495 e. The van der Waals surface area contributed by atoms with E-state index in [4.69, 9.17) is 67.5 Å². The molecule has 2 aromatic carbocycles. The van der Waals surface area contributed by atoms with Gasteiger partial charge in [-0.2, -0.15) is 0 Å². The van der Waals surface area contributed by atoms with E-state index in [2.05, 4.69) is 37.2 Å². The van der Waals surface area contributed by atoms with Crippen LogP contribution in [0.2, 0.25) is 5.02 Å². The zero-order chi connectivity index (χ0) is 64.5. The Morgan fingerprint density at radius 2 is 1.59 bits per heavy atom. The number of nitrogens with one attached hydrogen (secondary N) is 7. The number of primary amides is 1. The molecule has 0 radical (unpaired) electrons. The number of hydrogen-bond donors (Lipinski definition) is 9. The average Bonchev–Trinajstić information content (AvgIpc) is 1.58. The number of thiocarbonyl (C=S) groups is 1. The van der Waals surface area contributed by atoms with Gasteiger partial charge >= 0.3 is 24.2 Å². The molecule has 0 unspecified atom stereocenters. The molecular formula is C58H79ClN10O18S. The zero-order valence-corrected chi connectivity index (χ0v) is 51.9. The molecule has 3 saturated heterocycles. The lowest BCUT2D eigenvalue weighted by Crippen LogP contribution is -2.63. The minimum absolute atomic E-state index is 0.00871. The van der Waals surface area contributed by atoms with E-state index in [1.807, 2.05) is 13.0 Å². The molecule has 4 aliphatic heterocycles. The number of ether oxygens (including phenoxy) is 7. The van der Waals surface area contributed by atoms with Crippen LogP contribution in [0.25, 0.3) is 0 Å². The summed E-state index contributed by atoms with van der Waals surface area (Å²) >= 11 is 12.3. The number of nitrogens with zero attached hydrogens (tertiary/aromatic N) is 2. The topological polar surface area (TPSA) is 368 Å². The fourth-order valence-corrected chi connectivity index (χ4v) is 10.6. The highest BCUT2D eigenvalue weighted by molar-refractivity contribution is 7.80. The highest BCUT2D eigenvalue weighted by atomic mass is 35.5. The van der Waals surface area contributed by atoms with E-state index in [-0.39, 0.29) is 105 Å². The van der Waals surface area contributed by atoms with Gasteiger partial charge < -0.3 is 80.3 Å². The number of carbonyl (C=O) groups excluding carboxylic acids is 9. The second kappa shape index (κ2) is 32.0. The fourth-order valence-electron chi connectivity index (χ4n) is 10.0. The summed E-state index contributed by atoms with van der Waals surface area (Å²) in [5.74, 6) is -4.23. The second-order valence-corrected chi connectivity index (χ2v) is 22.8. The first-order valence-corrected chi connectivity index (χ1v) is 29.4. The maximum Gasteiger partial charge on any atom is 0.412 e. The van der Waals surface area contributed by atoms with Crippen LogP contribution >= 0.6 is 23.8 Å². The van der Waals surface area contributed by atoms with Gasteiger partial charge in [0.05, 0.1) is 58.2 Å². The number of urea groups is 1. The van der Waals surface area contributed by atoms with Gasteiger partial charge in [0.25, 0.3) is 11.8 Å². The van der Waals surface area contributed by atoms with Crippen molar-refractivity contribution >= 4 is 99.7 Å². The van der Waals surface area contributed by atoms with Crippen LogP contribution < -0.4 is 52.6 Å². The summed E-state index contributed by atoms with van der Waals surface area (Å²) in [7, 11) is 4.40. The number of hydroxylamine groups is 2. The molecule has 28 nitrogen and oxygen atoms in total. The first-order chi connectivity index (χ1) is 41.7. The standard InChI is InChI=1S/C58H79ClN10O18S/c1-32(2)49(66-54(88)62-22-24-83-26-25-82-23-20-47(73)87-69-44(70)18-19-45(69)71)52(75)65-38(12-10-21-61-53(60)76)51(74)63-36-14-16-37(17-15-36)64-55(77)85-43-30-46(72)68(6)39-28-35(29-40(80-7)48(39)59)27-33(3)11-9-13-42(81-8)58(79)31-41(84-56(78)67-58)34(4)50-57(43,5)86-50/h9,11,13-17,28-29,32,34,38,41-43,49-50,79H,10,12,18-27,30-31H2,1-8H3,(H,63,74)(H,64,77)(H,65,75)(H,67,78)(H3,60,61,76)(H2,62,66,88)/b13-9+,33-11+/t34-,38+,41+,42-,43+,49+,50+,57+,58+/m1/s1. The van der Waals surface area contributed by atoms with Crippen molar-refractivity contribution in [1.29, 1.82) is 0 Å². The van der Waals surface area contributed by atoms with Crippen molar-refractivity contribution in [3.63, 3.8) is 0 Å². The first kappa shape index (κ1) is 69.4.